The van der Waals surface area contributed by atoms with Gasteiger partial charge in [0.2, 0.25) is 0 Å². The van der Waals surface area contributed by atoms with Crippen LogP contribution in [0.25, 0.3) is 0 Å². The Bertz CT molecular complexity index is 643. The zero-order chi connectivity index (χ0) is 14.0. The Morgan fingerprint density at radius 1 is 1.21 bits per heavy atom. The Balaban J connectivity index is 2.26. The molecule has 0 spiro atoms. The predicted octanol–water partition coefficient (Wildman–Crippen LogP) is 3.63. The van der Waals surface area contributed by atoms with Crippen LogP contribution in [0.3, 0.4) is 0 Å². The van der Waals surface area contributed by atoms with Gasteiger partial charge in [0, 0.05) is 12.0 Å². The van der Waals surface area contributed by atoms with E-state index in [0.717, 1.165) is 6.07 Å². The molecule has 0 aliphatic carbocycles. The molecule has 0 fully saturated rings. The molecule has 19 heavy (non-hydrogen) atoms. The average molecular weight is 282 g/mol. The predicted molar refractivity (Wildman–Crippen MR) is 70.3 cm³/mol. The van der Waals surface area contributed by atoms with Crippen LogP contribution in [0.4, 0.5) is 14.5 Å². The molecular formula is C14H10ClF2NO. The lowest BCUT2D eigenvalue weighted by molar-refractivity contribution is 0.0991. The van der Waals surface area contributed by atoms with Crippen molar-refractivity contribution in [3.63, 3.8) is 0 Å². The molecule has 0 unspecified atom stereocenters. The zero-order valence-corrected chi connectivity index (χ0v) is 10.5. The number of halogens is 3. The van der Waals surface area contributed by atoms with Gasteiger partial charge in [0.15, 0.2) is 5.78 Å². The van der Waals surface area contributed by atoms with Gasteiger partial charge >= 0.3 is 0 Å². The van der Waals surface area contributed by atoms with Crippen LogP contribution in [0, 0.1) is 11.6 Å². The highest BCUT2D eigenvalue weighted by atomic mass is 35.5. The molecule has 2 nitrogen and oxygen atoms in total. The van der Waals surface area contributed by atoms with E-state index in [2.05, 4.69) is 0 Å². The minimum atomic E-state index is -0.669. The number of rotatable bonds is 3. The van der Waals surface area contributed by atoms with E-state index in [9.17, 15) is 13.6 Å². The zero-order valence-electron chi connectivity index (χ0n) is 9.79. The Morgan fingerprint density at radius 3 is 2.63 bits per heavy atom. The van der Waals surface area contributed by atoms with Crippen molar-refractivity contribution in [2.45, 2.75) is 6.42 Å². The molecule has 0 heterocycles. The first-order valence-electron chi connectivity index (χ1n) is 5.50. The van der Waals surface area contributed by atoms with Gasteiger partial charge in [-0.15, -0.1) is 0 Å². The minimum Gasteiger partial charge on any atom is -0.396 e. The Morgan fingerprint density at radius 2 is 1.95 bits per heavy atom. The van der Waals surface area contributed by atoms with Gasteiger partial charge in [-0.25, -0.2) is 8.78 Å². The smallest absolute Gasteiger partial charge is 0.167 e. The maximum Gasteiger partial charge on any atom is 0.167 e. The second kappa shape index (κ2) is 5.36. The molecule has 0 amide bonds. The Kier molecular flexibility index (Phi) is 3.81. The number of nitrogens with two attached hydrogens (primary N) is 1. The van der Waals surface area contributed by atoms with Crippen LogP contribution in [0.1, 0.15) is 15.9 Å². The third kappa shape index (κ3) is 2.90. The van der Waals surface area contributed by atoms with Crippen molar-refractivity contribution in [3.05, 3.63) is 64.2 Å². The molecule has 2 aromatic rings. The third-order valence-corrected chi connectivity index (χ3v) is 3.00. The molecule has 2 rings (SSSR count). The van der Waals surface area contributed by atoms with Crippen LogP contribution in [0.5, 0.6) is 0 Å². The van der Waals surface area contributed by atoms with Crippen molar-refractivity contribution in [3.8, 4) is 0 Å². The van der Waals surface area contributed by atoms with Crippen molar-refractivity contribution in [2.24, 2.45) is 0 Å². The Hall–Kier alpha value is -1.94. The van der Waals surface area contributed by atoms with Crippen LogP contribution in [-0.2, 0) is 6.42 Å². The number of nitrogen functional groups attached to an aromatic ring is 1. The molecule has 0 aliphatic rings. The highest BCUT2D eigenvalue weighted by Crippen LogP contribution is 2.20. The topological polar surface area (TPSA) is 43.1 Å². The molecule has 2 aromatic carbocycles. The maximum absolute atomic E-state index is 13.6. The molecule has 2 N–H and O–H groups in total. The number of carbonyl (C=O) groups excluding carboxylic acids is 1. The van der Waals surface area contributed by atoms with Gasteiger partial charge in [-0.3, -0.25) is 4.79 Å². The number of ketones is 1. The lowest BCUT2D eigenvalue weighted by Gasteiger charge is -2.05. The molecular weight excluding hydrogens is 272 g/mol. The van der Waals surface area contributed by atoms with Crippen molar-refractivity contribution < 1.29 is 13.6 Å². The molecule has 0 radical (unpaired) electrons. The van der Waals surface area contributed by atoms with Crippen LogP contribution in [-0.4, -0.2) is 5.78 Å². The summed E-state index contributed by atoms with van der Waals surface area (Å²) in [6, 6.07) is 8.17. The summed E-state index contributed by atoms with van der Waals surface area (Å²) >= 11 is 5.63. The average Bonchev–Trinajstić information content (AvgIpc) is 2.38. The summed E-state index contributed by atoms with van der Waals surface area (Å²) in [6.45, 7) is 0. The third-order valence-electron chi connectivity index (χ3n) is 2.71. The fraction of sp³-hybridized carbons (Fsp3) is 0.0714. The first-order valence-corrected chi connectivity index (χ1v) is 5.88. The molecule has 0 saturated heterocycles. The van der Waals surface area contributed by atoms with E-state index >= 15 is 0 Å². The number of Topliss-reactive ketones (excluding diaryl/α,β-unsaturated/α-hetero) is 1. The molecule has 98 valence electrons. The van der Waals surface area contributed by atoms with Gasteiger partial charge in [0.25, 0.3) is 0 Å². The summed E-state index contributed by atoms with van der Waals surface area (Å²) in [5.74, 6) is -1.70. The van der Waals surface area contributed by atoms with Crippen LogP contribution in [0.15, 0.2) is 36.4 Å². The van der Waals surface area contributed by atoms with E-state index < -0.39 is 17.4 Å². The normalized spacial score (nSPS) is 10.5. The lowest BCUT2D eigenvalue weighted by Crippen LogP contribution is -2.06. The van der Waals surface area contributed by atoms with Gasteiger partial charge in [-0.05, 0) is 29.8 Å². The van der Waals surface area contributed by atoms with Crippen LogP contribution < -0.4 is 5.73 Å². The Labute approximate surface area is 113 Å². The van der Waals surface area contributed by atoms with Crippen molar-refractivity contribution in [1.82, 2.24) is 0 Å². The first-order chi connectivity index (χ1) is 8.99. The summed E-state index contributed by atoms with van der Waals surface area (Å²) in [6.07, 6.45) is -0.185. The fourth-order valence-electron chi connectivity index (χ4n) is 1.66. The minimum absolute atomic E-state index is 0.0366. The summed E-state index contributed by atoms with van der Waals surface area (Å²) in [5.41, 5.74) is 5.61. The quantitative estimate of drug-likeness (QED) is 0.690. The SMILES string of the molecule is Nc1ccc(C(=O)Cc2cccc(Cl)c2F)cc1F. The van der Waals surface area contributed by atoms with Crippen molar-refractivity contribution in [1.29, 1.82) is 0 Å². The fourth-order valence-corrected chi connectivity index (χ4v) is 1.85. The van der Waals surface area contributed by atoms with Crippen molar-refractivity contribution >= 4 is 23.1 Å². The summed E-state index contributed by atoms with van der Waals surface area (Å²) in [5, 5.41) is -0.0474. The van der Waals surface area contributed by atoms with Gasteiger partial charge < -0.3 is 5.73 Å². The number of carbonyl (C=O) groups is 1. The van der Waals surface area contributed by atoms with E-state index in [4.69, 9.17) is 17.3 Å². The van der Waals surface area contributed by atoms with E-state index in [1.54, 1.807) is 6.07 Å². The van der Waals surface area contributed by atoms with Crippen molar-refractivity contribution in [2.75, 3.05) is 5.73 Å². The number of hydrogen-bond acceptors (Lipinski definition) is 2. The van der Waals surface area contributed by atoms with Crippen LogP contribution >= 0.6 is 11.6 Å². The molecule has 5 heteroatoms. The molecule has 0 saturated carbocycles. The van der Waals surface area contributed by atoms with E-state index in [0.29, 0.717) is 0 Å². The monoisotopic (exact) mass is 281 g/mol. The second-order valence-electron chi connectivity index (χ2n) is 4.05. The number of anilines is 1. The van der Waals surface area contributed by atoms with E-state index in [-0.39, 0.29) is 28.3 Å². The highest BCUT2D eigenvalue weighted by Gasteiger charge is 2.13. The number of hydrogen-bond donors (Lipinski definition) is 1. The maximum atomic E-state index is 13.6. The standard InChI is InChI=1S/C14H10ClF2NO/c15-10-3-1-2-9(14(10)17)7-13(19)8-4-5-12(18)11(16)6-8/h1-6H,7,18H2. The molecule has 0 aromatic heterocycles. The second-order valence-corrected chi connectivity index (χ2v) is 4.46. The number of benzene rings is 2. The lowest BCUT2D eigenvalue weighted by atomic mass is 10.0. The summed E-state index contributed by atoms with van der Waals surface area (Å²) in [4.78, 5) is 11.9. The van der Waals surface area contributed by atoms with E-state index in [1.807, 2.05) is 0 Å². The molecule has 0 bridgehead atoms. The highest BCUT2D eigenvalue weighted by molar-refractivity contribution is 6.30. The van der Waals surface area contributed by atoms with Gasteiger partial charge in [0.1, 0.15) is 11.6 Å². The molecule has 0 aliphatic heterocycles. The first kappa shape index (κ1) is 13.5. The summed E-state index contributed by atoms with van der Waals surface area (Å²) < 4.78 is 26.9. The summed E-state index contributed by atoms with van der Waals surface area (Å²) in [7, 11) is 0. The van der Waals surface area contributed by atoms with Gasteiger partial charge in [-0.1, -0.05) is 23.7 Å². The van der Waals surface area contributed by atoms with Gasteiger partial charge in [-0.2, -0.15) is 0 Å². The van der Waals surface area contributed by atoms with Crippen LogP contribution in [0.2, 0.25) is 5.02 Å². The van der Waals surface area contributed by atoms with E-state index in [1.165, 1.54) is 24.3 Å². The largest absolute Gasteiger partial charge is 0.396 e. The van der Waals surface area contributed by atoms with Gasteiger partial charge in [0.05, 0.1) is 10.7 Å². The molecule has 0 atom stereocenters.